The van der Waals surface area contributed by atoms with Gasteiger partial charge in [-0.1, -0.05) is 0 Å². The Morgan fingerprint density at radius 2 is 2.38 bits per heavy atom. The number of aromatic nitrogens is 2. The number of rotatable bonds is 4. The second kappa shape index (κ2) is 4.77. The molecule has 0 saturated carbocycles. The van der Waals surface area contributed by atoms with E-state index in [1.54, 1.807) is 6.92 Å². The molecule has 1 rings (SSSR count). The molecule has 0 saturated heterocycles. The van der Waals surface area contributed by atoms with E-state index in [1.165, 1.54) is 6.07 Å². The van der Waals surface area contributed by atoms with Crippen LogP contribution in [0.1, 0.15) is 18.4 Å². The molecule has 4 nitrogen and oxygen atoms in total. The molecule has 0 unspecified atom stereocenters. The van der Waals surface area contributed by atoms with E-state index in [2.05, 4.69) is 9.97 Å². The van der Waals surface area contributed by atoms with Crippen LogP contribution >= 0.6 is 0 Å². The monoisotopic (exact) mass is 182 g/mol. The summed E-state index contributed by atoms with van der Waals surface area (Å²) in [6, 6.07) is 1.48. The molecule has 0 bridgehead atoms. The van der Waals surface area contributed by atoms with Crippen molar-refractivity contribution < 1.29 is 4.74 Å². The number of H-pyrrole nitrogens is 1. The lowest BCUT2D eigenvalue weighted by Gasteiger charge is -2.01. The molecule has 13 heavy (non-hydrogen) atoms. The molecular formula is C9H14N2O2. The number of hydrogen-bond acceptors (Lipinski definition) is 3. The molecule has 0 aliphatic carbocycles. The van der Waals surface area contributed by atoms with Gasteiger partial charge in [0.15, 0.2) is 0 Å². The molecule has 72 valence electrons. The van der Waals surface area contributed by atoms with E-state index >= 15 is 0 Å². The Morgan fingerprint density at radius 1 is 1.62 bits per heavy atom. The highest BCUT2D eigenvalue weighted by Crippen LogP contribution is 1.91. The maximum absolute atomic E-state index is 11.0. The summed E-state index contributed by atoms with van der Waals surface area (Å²) < 4.78 is 5.16. The largest absolute Gasteiger partial charge is 0.381 e. The molecule has 1 aromatic heterocycles. The molecule has 0 amide bonds. The lowest BCUT2D eigenvalue weighted by atomic mass is 10.4. The van der Waals surface area contributed by atoms with E-state index in [4.69, 9.17) is 4.74 Å². The second-order valence-electron chi connectivity index (χ2n) is 2.78. The summed E-state index contributed by atoms with van der Waals surface area (Å²) >= 11 is 0. The van der Waals surface area contributed by atoms with E-state index in [0.717, 1.165) is 5.69 Å². The van der Waals surface area contributed by atoms with Crippen molar-refractivity contribution in [3.05, 3.63) is 27.9 Å². The lowest BCUT2D eigenvalue weighted by molar-refractivity contribution is 0.149. The number of ether oxygens (including phenoxy) is 1. The topological polar surface area (TPSA) is 55.0 Å². The van der Waals surface area contributed by atoms with Crippen LogP contribution in [0.5, 0.6) is 0 Å². The van der Waals surface area contributed by atoms with Gasteiger partial charge in [-0.15, -0.1) is 0 Å². The summed E-state index contributed by atoms with van der Waals surface area (Å²) in [7, 11) is 0. The summed E-state index contributed by atoms with van der Waals surface area (Å²) in [5.74, 6) is 0.693. The van der Waals surface area contributed by atoms with Crippen LogP contribution in [-0.2, 0) is 11.2 Å². The number of aromatic amines is 1. The number of nitrogens with zero attached hydrogens (tertiary/aromatic N) is 1. The van der Waals surface area contributed by atoms with Crippen LogP contribution in [0.2, 0.25) is 0 Å². The number of nitrogens with one attached hydrogen (secondary N) is 1. The molecule has 4 heteroatoms. The standard InChI is InChI=1S/C9H14N2O2/c1-3-13-5-4-8-10-7(2)6-9(12)11-8/h6H,3-5H2,1-2H3,(H,10,11,12). The lowest BCUT2D eigenvalue weighted by Crippen LogP contribution is -2.13. The van der Waals surface area contributed by atoms with E-state index in [9.17, 15) is 4.79 Å². The molecule has 0 aliphatic rings. The molecule has 0 radical (unpaired) electrons. The quantitative estimate of drug-likeness (QED) is 0.696. The van der Waals surface area contributed by atoms with Gasteiger partial charge in [-0.2, -0.15) is 0 Å². The highest BCUT2D eigenvalue weighted by molar-refractivity contribution is 5.00. The van der Waals surface area contributed by atoms with Crippen molar-refractivity contribution in [2.24, 2.45) is 0 Å². The summed E-state index contributed by atoms with van der Waals surface area (Å²) in [5, 5.41) is 0. The Kier molecular flexibility index (Phi) is 3.64. The van der Waals surface area contributed by atoms with Crippen molar-refractivity contribution in [2.45, 2.75) is 20.3 Å². The van der Waals surface area contributed by atoms with Crippen molar-refractivity contribution in [3.8, 4) is 0 Å². The number of hydrogen-bond donors (Lipinski definition) is 1. The zero-order valence-electron chi connectivity index (χ0n) is 7.96. The van der Waals surface area contributed by atoms with Gasteiger partial charge >= 0.3 is 0 Å². The number of aryl methyl sites for hydroxylation is 1. The Labute approximate surface area is 77.0 Å². The van der Waals surface area contributed by atoms with E-state index in [0.29, 0.717) is 25.5 Å². The van der Waals surface area contributed by atoms with Gasteiger partial charge in [0.2, 0.25) is 0 Å². The van der Waals surface area contributed by atoms with Gasteiger partial charge in [0.05, 0.1) is 6.61 Å². The van der Waals surface area contributed by atoms with Crippen molar-refractivity contribution >= 4 is 0 Å². The fraction of sp³-hybridized carbons (Fsp3) is 0.556. The van der Waals surface area contributed by atoms with Gasteiger partial charge in [0, 0.05) is 24.8 Å². The molecule has 0 aromatic carbocycles. The Hall–Kier alpha value is -1.16. The maximum atomic E-state index is 11.0. The Balaban J connectivity index is 2.61. The zero-order chi connectivity index (χ0) is 9.68. The molecular weight excluding hydrogens is 168 g/mol. The molecule has 0 fully saturated rings. The fourth-order valence-corrected chi connectivity index (χ4v) is 1.07. The summed E-state index contributed by atoms with van der Waals surface area (Å²) in [5.41, 5.74) is 0.647. The highest BCUT2D eigenvalue weighted by Gasteiger charge is 1.97. The summed E-state index contributed by atoms with van der Waals surface area (Å²) in [4.78, 5) is 17.8. The van der Waals surface area contributed by atoms with Crippen LogP contribution < -0.4 is 5.56 Å². The predicted octanol–water partition coefficient (Wildman–Crippen LogP) is 0.657. The highest BCUT2D eigenvalue weighted by atomic mass is 16.5. The molecule has 1 N–H and O–H groups in total. The molecule has 1 aromatic rings. The molecule has 0 aliphatic heterocycles. The first-order chi connectivity index (χ1) is 6.22. The smallest absolute Gasteiger partial charge is 0.251 e. The second-order valence-corrected chi connectivity index (χ2v) is 2.78. The minimum absolute atomic E-state index is 0.0981. The van der Waals surface area contributed by atoms with E-state index in [-0.39, 0.29) is 5.56 Å². The van der Waals surface area contributed by atoms with Crippen LogP contribution in [0.3, 0.4) is 0 Å². The molecule has 1 heterocycles. The van der Waals surface area contributed by atoms with Crippen LogP contribution in [0, 0.1) is 6.92 Å². The minimum Gasteiger partial charge on any atom is -0.381 e. The van der Waals surface area contributed by atoms with Crippen molar-refractivity contribution in [3.63, 3.8) is 0 Å². The third-order valence-electron chi connectivity index (χ3n) is 1.61. The maximum Gasteiger partial charge on any atom is 0.251 e. The van der Waals surface area contributed by atoms with Gasteiger partial charge in [-0.25, -0.2) is 4.98 Å². The first kappa shape index (κ1) is 9.92. The van der Waals surface area contributed by atoms with Crippen molar-refractivity contribution in [2.75, 3.05) is 13.2 Å². The normalized spacial score (nSPS) is 10.3. The Bertz CT molecular complexity index is 320. The third kappa shape index (κ3) is 3.38. The summed E-state index contributed by atoms with van der Waals surface area (Å²) in [6.07, 6.45) is 0.658. The summed E-state index contributed by atoms with van der Waals surface area (Å²) in [6.45, 7) is 5.03. The first-order valence-corrected chi connectivity index (χ1v) is 4.37. The predicted molar refractivity (Wildman–Crippen MR) is 49.8 cm³/mol. The van der Waals surface area contributed by atoms with Crippen molar-refractivity contribution in [1.29, 1.82) is 0 Å². The SMILES string of the molecule is CCOCCc1nc(C)cc(=O)[nH]1. The van der Waals surface area contributed by atoms with E-state index in [1.807, 2.05) is 6.92 Å². The minimum atomic E-state index is -0.0981. The van der Waals surface area contributed by atoms with Crippen LogP contribution in [0.15, 0.2) is 10.9 Å². The van der Waals surface area contributed by atoms with Crippen LogP contribution in [0.25, 0.3) is 0 Å². The van der Waals surface area contributed by atoms with Crippen molar-refractivity contribution in [1.82, 2.24) is 9.97 Å². The first-order valence-electron chi connectivity index (χ1n) is 4.37. The van der Waals surface area contributed by atoms with Crippen LogP contribution in [0.4, 0.5) is 0 Å². The van der Waals surface area contributed by atoms with E-state index < -0.39 is 0 Å². The molecule has 0 atom stereocenters. The average molecular weight is 182 g/mol. The molecule has 0 spiro atoms. The van der Waals surface area contributed by atoms with Gasteiger partial charge in [-0.3, -0.25) is 4.79 Å². The van der Waals surface area contributed by atoms with Gasteiger partial charge in [0.25, 0.3) is 5.56 Å². The van der Waals surface area contributed by atoms with Gasteiger partial charge in [-0.05, 0) is 13.8 Å². The van der Waals surface area contributed by atoms with Crippen LogP contribution in [-0.4, -0.2) is 23.2 Å². The van der Waals surface area contributed by atoms with Gasteiger partial charge < -0.3 is 9.72 Å². The van der Waals surface area contributed by atoms with Gasteiger partial charge in [0.1, 0.15) is 5.82 Å². The average Bonchev–Trinajstić information content (AvgIpc) is 2.03. The zero-order valence-corrected chi connectivity index (χ0v) is 7.96. The third-order valence-corrected chi connectivity index (χ3v) is 1.61. The fourth-order valence-electron chi connectivity index (χ4n) is 1.07. The Morgan fingerprint density at radius 3 is 3.00 bits per heavy atom.